The summed E-state index contributed by atoms with van der Waals surface area (Å²) in [6.45, 7) is 4.55. The summed E-state index contributed by atoms with van der Waals surface area (Å²) in [5.41, 5.74) is 1.03. The molecule has 0 aliphatic carbocycles. The lowest BCUT2D eigenvalue weighted by Gasteiger charge is -2.32. The molecule has 1 aliphatic heterocycles. The molecule has 0 unspecified atom stereocenters. The Morgan fingerprint density at radius 1 is 1.33 bits per heavy atom. The number of hydrogen-bond donors (Lipinski definition) is 0. The minimum atomic E-state index is -0.0235. The molecule has 6 nitrogen and oxygen atoms in total. The van der Waals surface area contributed by atoms with E-state index in [-0.39, 0.29) is 11.6 Å². The van der Waals surface area contributed by atoms with Crippen LogP contribution in [0.2, 0.25) is 0 Å². The van der Waals surface area contributed by atoms with E-state index < -0.39 is 0 Å². The highest BCUT2D eigenvalue weighted by atomic mass is 32.1. The van der Waals surface area contributed by atoms with Crippen molar-refractivity contribution in [1.82, 2.24) is 19.3 Å². The molecule has 3 aromatic rings. The Kier molecular flexibility index (Phi) is 3.88. The van der Waals surface area contributed by atoms with Gasteiger partial charge in [0.05, 0.1) is 10.2 Å². The van der Waals surface area contributed by atoms with Crippen molar-refractivity contribution in [2.45, 2.75) is 32.2 Å². The van der Waals surface area contributed by atoms with Gasteiger partial charge in [-0.2, -0.15) is 5.10 Å². The van der Waals surface area contributed by atoms with Crippen molar-refractivity contribution in [3.8, 4) is 0 Å². The topological polar surface area (TPSA) is 56.0 Å². The van der Waals surface area contributed by atoms with Gasteiger partial charge < -0.3 is 4.90 Å². The van der Waals surface area contributed by atoms with E-state index >= 15 is 0 Å². The lowest BCUT2D eigenvalue weighted by atomic mass is 9.97. The maximum absolute atomic E-state index is 12.2. The molecule has 0 amide bonds. The van der Waals surface area contributed by atoms with Gasteiger partial charge in [-0.05, 0) is 31.9 Å². The number of nitrogens with zero attached hydrogens (tertiary/aromatic N) is 5. The van der Waals surface area contributed by atoms with E-state index in [2.05, 4.69) is 28.2 Å². The number of benzene rings is 1. The fourth-order valence-corrected chi connectivity index (χ4v) is 4.48. The van der Waals surface area contributed by atoms with Crippen LogP contribution in [0, 0.1) is 0 Å². The van der Waals surface area contributed by atoms with E-state index in [1.165, 1.54) is 9.38 Å². The second-order valence-corrected chi connectivity index (χ2v) is 7.27. The van der Waals surface area contributed by atoms with E-state index in [9.17, 15) is 4.79 Å². The quantitative estimate of drug-likeness (QED) is 0.733. The SMILES string of the molecule is CCn1c([C@@H]2CCCN(c3nc4ccccc4s3)C2)nn(C)c1=O. The number of hydrogen-bond acceptors (Lipinski definition) is 5. The third kappa shape index (κ3) is 2.53. The fraction of sp³-hybridized carbons (Fsp3) is 0.471. The van der Waals surface area contributed by atoms with Crippen LogP contribution < -0.4 is 10.6 Å². The molecule has 1 aliphatic rings. The molecule has 24 heavy (non-hydrogen) atoms. The molecular weight excluding hydrogens is 322 g/mol. The predicted octanol–water partition coefficient (Wildman–Crippen LogP) is 2.60. The number of fused-ring (bicyclic) bond motifs is 1. The van der Waals surface area contributed by atoms with E-state index in [1.807, 2.05) is 13.0 Å². The van der Waals surface area contributed by atoms with Gasteiger partial charge in [0.15, 0.2) is 5.13 Å². The Hall–Kier alpha value is -2.15. The number of aromatic nitrogens is 4. The van der Waals surface area contributed by atoms with Gasteiger partial charge in [-0.3, -0.25) is 4.57 Å². The fourth-order valence-electron chi connectivity index (χ4n) is 3.48. The van der Waals surface area contributed by atoms with Crippen molar-refractivity contribution in [2.24, 2.45) is 7.05 Å². The highest BCUT2D eigenvalue weighted by Crippen LogP contribution is 2.33. The van der Waals surface area contributed by atoms with Crippen molar-refractivity contribution >= 4 is 26.7 Å². The molecule has 7 heteroatoms. The van der Waals surface area contributed by atoms with Gasteiger partial charge in [0.2, 0.25) is 0 Å². The van der Waals surface area contributed by atoms with Crippen LogP contribution in [-0.4, -0.2) is 32.4 Å². The highest BCUT2D eigenvalue weighted by Gasteiger charge is 2.28. The summed E-state index contributed by atoms with van der Waals surface area (Å²) in [6, 6.07) is 8.26. The Morgan fingerprint density at radius 2 is 2.17 bits per heavy atom. The van der Waals surface area contributed by atoms with Gasteiger partial charge in [-0.25, -0.2) is 14.5 Å². The maximum Gasteiger partial charge on any atom is 0.345 e. The van der Waals surface area contributed by atoms with Gasteiger partial charge >= 0.3 is 5.69 Å². The zero-order chi connectivity index (χ0) is 16.7. The summed E-state index contributed by atoms with van der Waals surface area (Å²) in [7, 11) is 1.73. The number of para-hydroxylation sites is 1. The van der Waals surface area contributed by atoms with E-state index in [0.29, 0.717) is 6.54 Å². The Bertz CT molecular complexity index is 892. The van der Waals surface area contributed by atoms with Crippen molar-refractivity contribution < 1.29 is 0 Å². The monoisotopic (exact) mass is 343 g/mol. The Labute approximate surface area is 144 Å². The van der Waals surface area contributed by atoms with Crippen LogP contribution in [0.25, 0.3) is 10.2 Å². The van der Waals surface area contributed by atoms with E-state index in [0.717, 1.165) is 42.4 Å². The molecule has 0 spiro atoms. The smallest absolute Gasteiger partial charge is 0.345 e. The first-order valence-corrected chi connectivity index (χ1v) is 9.23. The molecule has 4 rings (SSSR count). The molecule has 2 aromatic heterocycles. The second-order valence-electron chi connectivity index (χ2n) is 6.26. The first-order chi connectivity index (χ1) is 11.7. The Balaban J connectivity index is 1.64. The average molecular weight is 343 g/mol. The van der Waals surface area contributed by atoms with Gasteiger partial charge in [0.25, 0.3) is 0 Å². The van der Waals surface area contributed by atoms with Crippen molar-refractivity contribution in [3.63, 3.8) is 0 Å². The molecule has 3 heterocycles. The van der Waals surface area contributed by atoms with Crippen molar-refractivity contribution in [2.75, 3.05) is 18.0 Å². The third-order valence-electron chi connectivity index (χ3n) is 4.69. The number of rotatable bonds is 3. The van der Waals surface area contributed by atoms with Crippen molar-refractivity contribution in [1.29, 1.82) is 0 Å². The van der Waals surface area contributed by atoms with Crippen LogP contribution in [0.3, 0.4) is 0 Å². The molecule has 1 fully saturated rings. The van der Waals surface area contributed by atoms with Crippen LogP contribution in [-0.2, 0) is 13.6 Å². The molecular formula is C17H21N5OS. The minimum Gasteiger partial charge on any atom is -0.347 e. The average Bonchev–Trinajstić information content (AvgIpc) is 3.16. The molecule has 1 atom stereocenters. The lowest BCUT2D eigenvalue weighted by molar-refractivity contribution is 0.470. The van der Waals surface area contributed by atoms with Gasteiger partial charge in [0.1, 0.15) is 5.82 Å². The lowest BCUT2D eigenvalue weighted by Crippen LogP contribution is -2.35. The Morgan fingerprint density at radius 3 is 2.96 bits per heavy atom. The van der Waals surface area contributed by atoms with Crippen molar-refractivity contribution in [3.05, 3.63) is 40.6 Å². The van der Waals surface area contributed by atoms with Gasteiger partial charge in [-0.15, -0.1) is 0 Å². The first kappa shape index (κ1) is 15.4. The normalized spacial score (nSPS) is 18.4. The predicted molar refractivity (Wildman–Crippen MR) is 97.0 cm³/mol. The second kappa shape index (κ2) is 6.05. The number of aryl methyl sites for hydroxylation is 1. The first-order valence-electron chi connectivity index (χ1n) is 8.41. The van der Waals surface area contributed by atoms with Crippen LogP contribution in [0.15, 0.2) is 29.1 Å². The maximum atomic E-state index is 12.2. The molecule has 126 valence electrons. The summed E-state index contributed by atoms with van der Waals surface area (Å²) in [4.78, 5) is 19.3. The number of thiazole rings is 1. The highest BCUT2D eigenvalue weighted by molar-refractivity contribution is 7.22. The van der Waals surface area contributed by atoms with Gasteiger partial charge in [-0.1, -0.05) is 23.5 Å². The third-order valence-corrected chi connectivity index (χ3v) is 5.79. The van der Waals surface area contributed by atoms with Crippen LogP contribution >= 0.6 is 11.3 Å². The largest absolute Gasteiger partial charge is 0.347 e. The summed E-state index contributed by atoms with van der Waals surface area (Å²) in [5.74, 6) is 1.19. The standard InChI is InChI=1S/C17H21N5OS/c1-3-22-15(19-20(2)17(22)23)12-7-6-10-21(11-12)16-18-13-8-4-5-9-14(13)24-16/h4-5,8-9,12H,3,6-7,10-11H2,1-2H3/t12-/m1/s1. The van der Waals surface area contributed by atoms with Crippen LogP contribution in [0.4, 0.5) is 5.13 Å². The molecule has 0 N–H and O–H groups in total. The van der Waals surface area contributed by atoms with Crippen LogP contribution in [0.1, 0.15) is 31.5 Å². The molecule has 1 aromatic carbocycles. The number of piperidine rings is 1. The van der Waals surface area contributed by atoms with E-state index in [4.69, 9.17) is 4.98 Å². The zero-order valence-electron chi connectivity index (χ0n) is 14.0. The summed E-state index contributed by atoms with van der Waals surface area (Å²) < 4.78 is 4.47. The molecule has 0 radical (unpaired) electrons. The van der Waals surface area contributed by atoms with Crippen LogP contribution in [0.5, 0.6) is 0 Å². The molecule has 0 bridgehead atoms. The van der Waals surface area contributed by atoms with Gasteiger partial charge in [0, 0.05) is 32.6 Å². The summed E-state index contributed by atoms with van der Waals surface area (Å²) in [5, 5.41) is 5.57. The number of anilines is 1. The van der Waals surface area contributed by atoms with E-state index in [1.54, 1.807) is 23.0 Å². The summed E-state index contributed by atoms with van der Waals surface area (Å²) in [6.07, 6.45) is 2.16. The molecule has 0 saturated carbocycles. The zero-order valence-corrected chi connectivity index (χ0v) is 14.8. The minimum absolute atomic E-state index is 0.0235. The summed E-state index contributed by atoms with van der Waals surface area (Å²) >= 11 is 1.74. The molecule has 1 saturated heterocycles.